The van der Waals surface area contributed by atoms with Gasteiger partial charge >= 0.3 is 0 Å². The van der Waals surface area contributed by atoms with Crippen molar-refractivity contribution in [2.45, 2.75) is 24.6 Å². The van der Waals surface area contributed by atoms with Gasteiger partial charge in [0.15, 0.2) is 0 Å². The lowest BCUT2D eigenvalue weighted by atomic mass is 10.00. The van der Waals surface area contributed by atoms with Crippen LogP contribution < -0.4 is 10.1 Å². The van der Waals surface area contributed by atoms with Crippen molar-refractivity contribution in [1.82, 2.24) is 5.32 Å². The zero-order valence-electron chi connectivity index (χ0n) is 10.3. The molecule has 94 valence electrons. The molecular weight excluding hydrogens is 234 g/mol. The van der Waals surface area contributed by atoms with E-state index in [1.807, 2.05) is 18.2 Å². The van der Waals surface area contributed by atoms with Gasteiger partial charge in [-0.3, -0.25) is 4.21 Å². The molecule has 1 aliphatic heterocycles. The highest BCUT2D eigenvalue weighted by Crippen LogP contribution is 2.33. The number of benzene rings is 1. The summed E-state index contributed by atoms with van der Waals surface area (Å²) >= 11 is 0. The van der Waals surface area contributed by atoms with Crippen molar-refractivity contribution in [3.63, 3.8) is 0 Å². The second-order valence-electron chi connectivity index (χ2n) is 4.32. The molecule has 17 heavy (non-hydrogen) atoms. The van der Waals surface area contributed by atoms with Crippen molar-refractivity contribution in [2.75, 3.05) is 19.4 Å². The fraction of sp³-hybridized carbons (Fsp3) is 0.538. The Kier molecular flexibility index (Phi) is 4.18. The van der Waals surface area contributed by atoms with E-state index in [4.69, 9.17) is 4.74 Å². The van der Waals surface area contributed by atoms with E-state index in [0.29, 0.717) is 6.61 Å². The molecule has 0 aromatic heterocycles. The van der Waals surface area contributed by atoms with E-state index in [2.05, 4.69) is 18.3 Å². The molecule has 1 aromatic carbocycles. The minimum Gasteiger partial charge on any atom is -0.492 e. The Labute approximate surface area is 105 Å². The van der Waals surface area contributed by atoms with E-state index >= 15 is 0 Å². The summed E-state index contributed by atoms with van der Waals surface area (Å²) in [6, 6.07) is 8.15. The average molecular weight is 253 g/mol. The maximum atomic E-state index is 11.8. The van der Waals surface area contributed by atoms with Crippen LogP contribution in [0.15, 0.2) is 24.3 Å². The van der Waals surface area contributed by atoms with Gasteiger partial charge in [-0.25, -0.2) is 0 Å². The van der Waals surface area contributed by atoms with E-state index in [-0.39, 0.29) is 11.3 Å². The summed E-state index contributed by atoms with van der Waals surface area (Å²) in [6.07, 6.45) is 2.82. The second-order valence-corrected chi connectivity index (χ2v) is 5.92. The molecule has 4 heteroatoms. The van der Waals surface area contributed by atoms with Crippen LogP contribution in [0.4, 0.5) is 0 Å². The molecule has 1 aromatic rings. The van der Waals surface area contributed by atoms with Gasteiger partial charge in [0.1, 0.15) is 12.4 Å². The van der Waals surface area contributed by atoms with E-state index in [0.717, 1.165) is 24.3 Å². The SMILES string of the molecule is CCCNC1c2ccccc2OCC1S(C)=O. The van der Waals surface area contributed by atoms with E-state index in [9.17, 15) is 4.21 Å². The molecule has 0 amide bonds. The molecule has 0 saturated heterocycles. The van der Waals surface area contributed by atoms with Gasteiger partial charge in [0.2, 0.25) is 0 Å². The molecule has 2 rings (SSSR count). The molecular formula is C13H19NO2S. The highest BCUT2D eigenvalue weighted by atomic mass is 32.2. The summed E-state index contributed by atoms with van der Waals surface area (Å²) in [5, 5.41) is 3.52. The lowest BCUT2D eigenvalue weighted by molar-refractivity contribution is 0.258. The molecule has 1 heterocycles. The van der Waals surface area contributed by atoms with Gasteiger partial charge in [-0.15, -0.1) is 0 Å². The van der Waals surface area contributed by atoms with Gasteiger partial charge in [0.05, 0.1) is 11.3 Å². The van der Waals surface area contributed by atoms with Gasteiger partial charge in [0, 0.05) is 22.6 Å². The fourth-order valence-electron chi connectivity index (χ4n) is 2.17. The van der Waals surface area contributed by atoms with Crippen LogP contribution in [0, 0.1) is 0 Å². The van der Waals surface area contributed by atoms with E-state index in [1.54, 1.807) is 6.26 Å². The number of fused-ring (bicyclic) bond motifs is 1. The van der Waals surface area contributed by atoms with Crippen LogP contribution in [0.5, 0.6) is 5.75 Å². The Hall–Kier alpha value is -0.870. The monoisotopic (exact) mass is 253 g/mol. The molecule has 3 nitrogen and oxygen atoms in total. The van der Waals surface area contributed by atoms with Gasteiger partial charge in [-0.05, 0) is 19.0 Å². The molecule has 1 aliphatic rings. The zero-order valence-corrected chi connectivity index (χ0v) is 11.1. The molecule has 0 spiro atoms. The Morgan fingerprint density at radius 2 is 2.24 bits per heavy atom. The maximum Gasteiger partial charge on any atom is 0.124 e. The standard InChI is InChI=1S/C13H19NO2S/c1-3-8-14-13-10-6-4-5-7-11(10)16-9-12(13)17(2)15/h4-7,12-14H,3,8-9H2,1-2H3. The highest BCUT2D eigenvalue weighted by molar-refractivity contribution is 7.85. The average Bonchev–Trinajstić information content (AvgIpc) is 2.35. The number of nitrogens with one attached hydrogen (secondary N) is 1. The molecule has 0 radical (unpaired) electrons. The lowest BCUT2D eigenvalue weighted by Crippen LogP contribution is -2.41. The van der Waals surface area contributed by atoms with Gasteiger partial charge in [0.25, 0.3) is 0 Å². The molecule has 0 bridgehead atoms. The minimum absolute atomic E-state index is 0.0384. The smallest absolute Gasteiger partial charge is 0.124 e. The molecule has 3 unspecified atom stereocenters. The first-order chi connectivity index (χ1) is 8.24. The normalized spacial score (nSPS) is 24.8. The Morgan fingerprint density at radius 1 is 1.47 bits per heavy atom. The number of hydrogen-bond acceptors (Lipinski definition) is 3. The maximum absolute atomic E-state index is 11.8. The van der Waals surface area contributed by atoms with Crippen molar-refractivity contribution >= 4 is 10.8 Å². The first-order valence-corrected chi connectivity index (χ1v) is 7.63. The summed E-state index contributed by atoms with van der Waals surface area (Å²) in [5.74, 6) is 0.919. The number of rotatable bonds is 4. The third kappa shape index (κ3) is 2.69. The first kappa shape index (κ1) is 12.6. The molecule has 0 fully saturated rings. The van der Waals surface area contributed by atoms with Crippen molar-refractivity contribution in [2.24, 2.45) is 0 Å². The highest BCUT2D eigenvalue weighted by Gasteiger charge is 2.32. The summed E-state index contributed by atoms with van der Waals surface area (Å²) in [7, 11) is -0.880. The van der Waals surface area contributed by atoms with Gasteiger partial charge < -0.3 is 10.1 Å². The van der Waals surface area contributed by atoms with Crippen molar-refractivity contribution in [3.8, 4) is 5.75 Å². The predicted molar refractivity (Wildman–Crippen MR) is 70.8 cm³/mol. The molecule has 0 saturated carbocycles. The van der Waals surface area contributed by atoms with Crippen LogP contribution in [0.25, 0.3) is 0 Å². The van der Waals surface area contributed by atoms with Gasteiger partial charge in [-0.2, -0.15) is 0 Å². The van der Waals surface area contributed by atoms with Crippen LogP contribution in [0.1, 0.15) is 24.9 Å². The van der Waals surface area contributed by atoms with Crippen LogP contribution in [-0.4, -0.2) is 28.9 Å². The van der Waals surface area contributed by atoms with Crippen LogP contribution in [-0.2, 0) is 10.8 Å². The van der Waals surface area contributed by atoms with E-state index < -0.39 is 10.8 Å². The molecule has 0 aliphatic carbocycles. The number of hydrogen-bond donors (Lipinski definition) is 1. The Balaban J connectivity index is 2.28. The largest absolute Gasteiger partial charge is 0.492 e. The zero-order chi connectivity index (χ0) is 12.3. The predicted octanol–water partition coefficient (Wildman–Crippen LogP) is 1.87. The number of para-hydroxylation sites is 1. The molecule has 1 N–H and O–H groups in total. The Bertz CT molecular complexity index is 408. The van der Waals surface area contributed by atoms with Gasteiger partial charge in [-0.1, -0.05) is 25.1 Å². The third-order valence-electron chi connectivity index (χ3n) is 3.07. The van der Waals surface area contributed by atoms with Crippen LogP contribution in [0.3, 0.4) is 0 Å². The van der Waals surface area contributed by atoms with Crippen molar-refractivity contribution < 1.29 is 8.95 Å². The summed E-state index contributed by atoms with van der Waals surface area (Å²) in [4.78, 5) is 0. The quantitative estimate of drug-likeness (QED) is 0.890. The summed E-state index contributed by atoms with van der Waals surface area (Å²) < 4.78 is 17.4. The van der Waals surface area contributed by atoms with Crippen molar-refractivity contribution in [3.05, 3.63) is 29.8 Å². The summed E-state index contributed by atoms with van der Waals surface area (Å²) in [5.41, 5.74) is 1.13. The van der Waals surface area contributed by atoms with E-state index in [1.165, 1.54) is 0 Å². The minimum atomic E-state index is -0.880. The fourth-order valence-corrected chi connectivity index (χ4v) is 3.05. The topological polar surface area (TPSA) is 38.3 Å². The van der Waals surface area contributed by atoms with Crippen LogP contribution >= 0.6 is 0 Å². The first-order valence-electron chi connectivity index (χ1n) is 6.01. The van der Waals surface area contributed by atoms with Crippen molar-refractivity contribution in [1.29, 1.82) is 0 Å². The number of ether oxygens (including phenoxy) is 1. The summed E-state index contributed by atoms with van der Waals surface area (Å²) in [6.45, 7) is 3.60. The lowest BCUT2D eigenvalue weighted by Gasteiger charge is -2.33. The second kappa shape index (κ2) is 5.65. The van der Waals surface area contributed by atoms with Crippen LogP contribution in [0.2, 0.25) is 0 Å². The third-order valence-corrected chi connectivity index (χ3v) is 4.33. The Morgan fingerprint density at radius 3 is 2.94 bits per heavy atom. The molecule has 3 atom stereocenters.